The highest BCUT2D eigenvalue weighted by atomic mass is 16.3. The fourth-order valence-electron chi connectivity index (χ4n) is 10.5. The smallest absolute Gasteiger partial charge is 0.164 e. The third-order valence-electron chi connectivity index (χ3n) is 13.6. The number of nitrogens with zero attached hydrogens (tertiary/aromatic N) is 5. The van der Waals surface area contributed by atoms with Crippen molar-refractivity contribution in [2.24, 2.45) is 0 Å². The second-order valence-electron chi connectivity index (χ2n) is 17.5. The van der Waals surface area contributed by atoms with E-state index in [9.17, 15) is 0 Å². The average Bonchev–Trinajstić information content (AvgIpc) is 4.09. The molecule has 0 saturated heterocycles. The quantitative estimate of drug-likeness (QED) is 0.160. The maximum Gasteiger partial charge on any atom is 0.164 e. The van der Waals surface area contributed by atoms with E-state index < -0.39 is 0 Å². The van der Waals surface area contributed by atoms with Crippen LogP contribution < -0.4 is 0 Å². The van der Waals surface area contributed by atoms with Crippen LogP contribution in [0.5, 0.6) is 0 Å². The highest BCUT2D eigenvalue weighted by Crippen LogP contribution is 2.45. The summed E-state index contributed by atoms with van der Waals surface area (Å²) in [4.78, 5) is 15.7. The molecule has 14 rings (SSSR count). The lowest BCUT2D eigenvalue weighted by molar-refractivity contribution is 0.667. The lowest BCUT2D eigenvalue weighted by Crippen LogP contribution is -2.00. The van der Waals surface area contributed by atoms with Gasteiger partial charge in [0.1, 0.15) is 5.58 Å². The van der Waals surface area contributed by atoms with Crippen molar-refractivity contribution in [2.45, 2.75) is 0 Å². The maximum atomic E-state index is 7.33. The minimum atomic E-state index is 0.566. The molecular formula is C63H39N5O. The number of para-hydroxylation sites is 4. The van der Waals surface area contributed by atoms with Crippen LogP contribution in [0.2, 0.25) is 0 Å². The second kappa shape index (κ2) is 15.6. The summed E-state index contributed by atoms with van der Waals surface area (Å²) in [6, 6.07) is 83.1. The van der Waals surface area contributed by atoms with E-state index in [2.05, 4.69) is 215 Å². The summed E-state index contributed by atoms with van der Waals surface area (Å²) in [7, 11) is 0. The van der Waals surface area contributed by atoms with Crippen molar-refractivity contribution in [1.29, 1.82) is 0 Å². The zero-order valence-electron chi connectivity index (χ0n) is 37.2. The van der Waals surface area contributed by atoms with E-state index in [1.54, 1.807) is 0 Å². The third kappa shape index (κ3) is 6.23. The van der Waals surface area contributed by atoms with Gasteiger partial charge in [-0.2, -0.15) is 0 Å². The molecule has 4 heterocycles. The van der Waals surface area contributed by atoms with E-state index in [0.717, 1.165) is 94.1 Å². The monoisotopic (exact) mass is 881 g/mol. The van der Waals surface area contributed by atoms with Crippen LogP contribution in [0.15, 0.2) is 241 Å². The summed E-state index contributed by atoms with van der Waals surface area (Å²) in [5.74, 6) is 1.76. The summed E-state index contributed by atoms with van der Waals surface area (Å²) in [5.41, 5.74) is 15.1. The van der Waals surface area contributed by atoms with E-state index in [-0.39, 0.29) is 0 Å². The molecular weight excluding hydrogens is 843 g/mol. The molecule has 0 aliphatic rings. The van der Waals surface area contributed by atoms with Crippen molar-refractivity contribution in [3.63, 3.8) is 0 Å². The number of fused-ring (bicyclic) bond motifs is 9. The van der Waals surface area contributed by atoms with Gasteiger partial charge < -0.3 is 13.6 Å². The molecule has 4 aromatic heterocycles. The molecule has 0 saturated carbocycles. The van der Waals surface area contributed by atoms with Crippen molar-refractivity contribution >= 4 is 65.6 Å². The lowest BCUT2D eigenvalue weighted by Gasteiger charge is -2.11. The highest BCUT2D eigenvalue weighted by Gasteiger charge is 2.24. The first-order valence-corrected chi connectivity index (χ1v) is 23.3. The molecule has 0 fully saturated rings. The minimum Gasteiger partial charge on any atom is -0.453 e. The summed E-state index contributed by atoms with van der Waals surface area (Å²) in [6.07, 6.45) is 0. The first kappa shape index (κ1) is 38.8. The summed E-state index contributed by atoms with van der Waals surface area (Å²) < 4.78 is 12.1. The van der Waals surface area contributed by atoms with Crippen molar-refractivity contribution in [3.05, 3.63) is 237 Å². The van der Waals surface area contributed by atoms with Gasteiger partial charge in [0.15, 0.2) is 23.1 Å². The minimum absolute atomic E-state index is 0.566. The van der Waals surface area contributed by atoms with Crippen LogP contribution >= 0.6 is 0 Å². The summed E-state index contributed by atoms with van der Waals surface area (Å²) >= 11 is 0. The molecule has 0 aliphatic carbocycles. The first-order chi connectivity index (χ1) is 34.2. The van der Waals surface area contributed by atoms with E-state index >= 15 is 0 Å². The van der Waals surface area contributed by atoms with Gasteiger partial charge >= 0.3 is 0 Å². The van der Waals surface area contributed by atoms with Crippen molar-refractivity contribution < 1.29 is 4.42 Å². The lowest BCUT2D eigenvalue weighted by atomic mass is 9.98. The highest BCUT2D eigenvalue weighted by molar-refractivity contribution is 6.19. The van der Waals surface area contributed by atoms with Crippen LogP contribution in [-0.4, -0.2) is 24.1 Å². The predicted molar refractivity (Wildman–Crippen MR) is 283 cm³/mol. The zero-order chi connectivity index (χ0) is 45.4. The largest absolute Gasteiger partial charge is 0.453 e. The molecule has 0 unspecified atom stereocenters. The molecule has 0 spiro atoms. The molecule has 0 aliphatic heterocycles. The van der Waals surface area contributed by atoms with Gasteiger partial charge in [0.2, 0.25) is 0 Å². The standard InChI is InChI=1S/C63H39N5O/c1-4-18-40(19-5-1)43-24-16-25-44(38-43)62-64-61(42-22-8-3-9-23-42)65-63(66-62)51-36-35-46(41-20-6-2-7-21-41)60-58(51)50-29-17-33-57(59(50)69-60)68-55-32-15-12-28-49(55)52-39-45(34-37-56(52)68)67-53-30-13-10-26-47(53)48-27-11-14-31-54(48)67/h1-39H. The number of hydrogen-bond acceptors (Lipinski definition) is 4. The maximum absolute atomic E-state index is 7.33. The fourth-order valence-corrected chi connectivity index (χ4v) is 10.5. The van der Waals surface area contributed by atoms with Crippen molar-refractivity contribution in [3.8, 4) is 67.8 Å². The second-order valence-corrected chi connectivity index (χ2v) is 17.5. The normalized spacial score (nSPS) is 11.8. The van der Waals surface area contributed by atoms with Crippen LogP contribution in [0.3, 0.4) is 0 Å². The first-order valence-electron chi connectivity index (χ1n) is 23.3. The van der Waals surface area contributed by atoms with Gasteiger partial charge in [-0.1, -0.05) is 176 Å². The van der Waals surface area contributed by atoms with E-state index in [0.29, 0.717) is 17.5 Å². The van der Waals surface area contributed by atoms with E-state index in [1.807, 2.05) is 30.3 Å². The Morgan fingerprint density at radius 2 is 0.783 bits per heavy atom. The molecule has 0 radical (unpaired) electrons. The third-order valence-corrected chi connectivity index (χ3v) is 13.6. The van der Waals surface area contributed by atoms with Gasteiger partial charge in [0, 0.05) is 60.3 Å². The number of hydrogen-bond donors (Lipinski definition) is 0. The molecule has 10 aromatic carbocycles. The van der Waals surface area contributed by atoms with Crippen molar-refractivity contribution in [1.82, 2.24) is 24.1 Å². The van der Waals surface area contributed by atoms with E-state index in [4.69, 9.17) is 19.4 Å². The Morgan fingerprint density at radius 1 is 0.290 bits per heavy atom. The number of furan rings is 1. The molecule has 6 nitrogen and oxygen atoms in total. The van der Waals surface area contributed by atoms with Crippen LogP contribution in [0.4, 0.5) is 0 Å². The van der Waals surface area contributed by atoms with Gasteiger partial charge in [-0.15, -0.1) is 0 Å². The van der Waals surface area contributed by atoms with Crippen LogP contribution in [0.1, 0.15) is 0 Å². The number of benzene rings is 10. The van der Waals surface area contributed by atoms with Crippen LogP contribution in [0, 0.1) is 0 Å². The molecule has 69 heavy (non-hydrogen) atoms. The van der Waals surface area contributed by atoms with Crippen LogP contribution in [0.25, 0.3) is 133 Å². The number of rotatable bonds is 7. The Kier molecular flexibility index (Phi) is 8.79. The zero-order valence-corrected chi connectivity index (χ0v) is 37.2. The molecule has 0 bridgehead atoms. The Morgan fingerprint density at radius 3 is 1.48 bits per heavy atom. The van der Waals surface area contributed by atoms with Crippen LogP contribution in [-0.2, 0) is 0 Å². The van der Waals surface area contributed by atoms with Crippen molar-refractivity contribution in [2.75, 3.05) is 0 Å². The summed E-state index contributed by atoms with van der Waals surface area (Å²) in [5, 5.41) is 6.71. The Bertz CT molecular complexity index is 4250. The fraction of sp³-hybridized carbons (Fsp3) is 0. The molecule has 14 aromatic rings. The predicted octanol–water partition coefficient (Wildman–Crippen LogP) is 16.3. The van der Waals surface area contributed by atoms with Gasteiger partial charge in [-0.25, -0.2) is 15.0 Å². The van der Waals surface area contributed by atoms with Gasteiger partial charge in [0.25, 0.3) is 0 Å². The van der Waals surface area contributed by atoms with Gasteiger partial charge in [0.05, 0.1) is 27.8 Å². The molecule has 6 heteroatoms. The molecule has 0 N–H and O–H groups in total. The summed E-state index contributed by atoms with van der Waals surface area (Å²) in [6.45, 7) is 0. The Balaban J connectivity index is 1.01. The van der Waals surface area contributed by atoms with Gasteiger partial charge in [-0.3, -0.25) is 0 Å². The number of aromatic nitrogens is 5. The topological polar surface area (TPSA) is 61.7 Å². The molecule has 0 atom stereocenters. The molecule has 0 amide bonds. The SMILES string of the molecule is c1ccc(-c2cccc(-c3nc(-c4ccccc4)nc(-c4ccc(-c5ccccc5)c5oc6c(-n7c8ccccc8c8cc(-n9c%10ccccc%10c%10ccccc%109)ccc87)cccc6c45)n3)c2)cc1. The Labute approximate surface area is 396 Å². The average molecular weight is 882 g/mol. The van der Waals surface area contributed by atoms with Gasteiger partial charge in [-0.05, 0) is 77.4 Å². The van der Waals surface area contributed by atoms with E-state index in [1.165, 1.54) is 21.8 Å². The Hall–Kier alpha value is -9.39. The molecule has 322 valence electrons.